The number of hydrogen-bond acceptors (Lipinski definition) is 4. The Morgan fingerprint density at radius 1 is 1.08 bits per heavy atom. The average Bonchev–Trinajstić information content (AvgIpc) is 3.35. The molecule has 0 spiro atoms. The van der Waals surface area contributed by atoms with Crippen LogP contribution < -0.4 is 15.1 Å². The summed E-state index contributed by atoms with van der Waals surface area (Å²) in [5.41, 5.74) is 6.27. The second kappa shape index (κ2) is 7.58. The number of rotatable bonds is 6. The molecule has 2 aromatic rings. The fourth-order valence-corrected chi connectivity index (χ4v) is 3.88. The molecule has 0 bridgehead atoms. The van der Waals surface area contributed by atoms with Crippen molar-refractivity contribution >= 4 is 22.7 Å². The maximum absolute atomic E-state index is 5.92. The summed E-state index contributed by atoms with van der Waals surface area (Å²) in [6, 6.07) is 15.6. The standard InChI is InChI=1S/C22H29N3O/c1-3-13-26-17(2)18-9-10-21-22(14-18)25(16-23-21)20-8-6-7-19(15-20)24-11-4-5-12-24/h6-10,14-15,17,23H,3-5,11-13,16H2,1-2H3. The minimum Gasteiger partial charge on any atom is -0.374 e. The number of anilines is 4. The Balaban J connectivity index is 1.59. The molecule has 0 radical (unpaired) electrons. The van der Waals surface area contributed by atoms with Crippen LogP contribution in [-0.4, -0.2) is 26.4 Å². The van der Waals surface area contributed by atoms with Crippen LogP contribution in [0.15, 0.2) is 42.5 Å². The first-order chi connectivity index (χ1) is 12.8. The molecule has 0 saturated carbocycles. The topological polar surface area (TPSA) is 27.7 Å². The summed E-state index contributed by atoms with van der Waals surface area (Å²) < 4.78 is 5.92. The number of nitrogens with zero attached hydrogens (tertiary/aromatic N) is 2. The summed E-state index contributed by atoms with van der Waals surface area (Å²) in [6.45, 7) is 8.25. The van der Waals surface area contributed by atoms with Crippen LogP contribution in [0.25, 0.3) is 0 Å². The molecule has 1 N–H and O–H groups in total. The van der Waals surface area contributed by atoms with Crippen LogP contribution in [0, 0.1) is 0 Å². The van der Waals surface area contributed by atoms with E-state index in [1.165, 1.54) is 54.2 Å². The number of hydrogen-bond donors (Lipinski definition) is 1. The second-order valence-corrected chi connectivity index (χ2v) is 7.27. The summed E-state index contributed by atoms with van der Waals surface area (Å²) in [7, 11) is 0. The maximum Gasteiger partial charge on any atom is 0.0926 e. The zero-order valence-electron chi connectivity index (χ0n) is 15.9. The van der Waals surface area contributed by atoms with Crippen LogP contribution in [0.5, 0.6) is 0 Å². The lowest BCUT2D eigenvalue weighted by atomic mass is 10.1. The van der Waals surface area contributed by atoms with Crippen molar-refractivity contribution in [3.05, 3.63) is 48.0 Å². The highest BCUT2D eigenvalue weighted by Gasteiger charge is 2.22. The lowest BCUT2D eigenvalue weighted by Crippen LogP contribution is -2.20. The number of fused-ring (bicyclic) bond motifs is 1. The lowest BCUT2D eigenvalue weighted by Gasteiger charge is -2.23. The summed E-state index contributed by atoms with van der Waals surface area (Å²) in [5, 5.41) is 3.52. The van der Waals surface area contributed by atoms with Gasteiger partial charge in [0.2, 0.25) is 0 Å². The van der Waals surface area contributed by atoms with E-state index in [0.717, 1.165) is 19.7 Å². The smallest absolute Gasteiger partial charge is 0.0926 e. The van der Waals surface area contributed by atoms with Crippen molar-refractivity contribution in [2.45, 2.75) is 39.2 Å². The zero-order chi connectivity index (χ0) is 17.9. The first-order valence-electron chi connectivity index (χ1n) is 9.88. The van der Waals surface area contributed by atoms with Gasteiger partial charge in [-0.15, -0.1) is 0 Å². The number of nitrogens with one attached hydrogen (secondary N) is 1. The molecule has 138 valence electrons. The van der Waals surface area contributed by atoms with E-state index < -0.39 is 0 Å². The van der Waals surface area contributed by atoms with Crippen molar-refractivity contribution in [1.29, 1.82) is 0 Å². The summed E-state index contributed by atoms with van der Waals surface area (Å²) in [4.78, 5) is 4.86. The Morgan fingerprint density at radius 3 is 2.69 bits per heavy atom. The lowest BCUT2D eigenvalue weighted by molar-refractivity contribution is 0.0663. The molecule has 4 rings (SSSR count). The molecule has 26 heavy (non-hydrogen) atoms. The van der Waals surface area contributed by atoms with Crippen molar-refractivity contribution in [2.24, 2.45) is 0 Å². The van der Waals surface area contributed by atoms with Crippen LogP contribution >= 0.6 is 0 Å². The summed E-state index contributed by atoms with van der Waals surface area (Å²) in [5.74, 6) is 0. The van der Waals surface area contributed by atoms with E-state index >= 15 is 0 Å². The predicted molar refractivity (Wildman–Crippen MR) is 110 cm³/mol. The summed E-state index contributed by atoms with van der Waals surface area (Å²) in [6.07, 6.45) is 3.78. The van der Waals surface area contributed by atoms with Gasteiger partial charge in [0, 0.05) is 31.1 Å². The van der Waals surface area contributed by atoms with Gasteiger partial charge in [-0.2, -0.15) is 0 Å². The highest BCUT2D eigenvalue weighted by molar-refractivity contribution is 5.82. The van der Waals surface area contributed by atoms with Crippen molar-refractivity contribution < 1.29 is 4.74 Å². The minimum absolute atomic E-state index is 0.124. The molecule has 2 aromatic carbocycles. The van der Waals surface area contributed by atoms with Gasteiger partial charge in [0.15, 0.2) is 0 Å². The fourth-order valence-electron chi connectivity index (χ4n) is 3.88. The van der Waals surface area contributed by atoms with E-state index in [1.54, 1.807) is 0 Å². The highest BCUT2D eigenvalue weighted by atomic mass is 16.5. The third kappa shape index (κ3) is 3.38. The van der Waals surface area contributed by atoms with Gasteiger partial charge in [-0.05, 0) is 62.1 Å². The largest absolute Gasteiger partial charge is 0.374 e. The Bertz CT molecular complexity index is 755. The molecular formula is C22H29N3O. The van der Waals surface area contributed by atoms with Crippen molar-refractivity contribution in [3.63, 3.8) is 0 Å². The van der Waals surface area contributed by atoms with Crippen molar-refractivity contribution in [2.75, 3.05) is 41.5 Å². The fraction of sp³-hybridized carbons (Fsp3) is 0.455. The van der Waals surface area contributed by atoms with Gasteiger partial charge in [-0.25, -0.2) is 0 Å². The second-order valence-electron chi connectivity index (χ2n) is 7.27. The molecule has 2 heterocycles. The minimum atomic E-state index is 0.124. The average molecular weight is 351 g/mol. The van der Waals surface area contributed by atoms with Gasteiger partial charge in [-0.3, -0.25) is 0 Å². The zero-order valence-corrected chi connectivity index (χ0v) is 15.9. The molecule has 0 aromatic heterocycles. The van der Waals surface area contributed by atoms with Crippen molar-refractivity contribution in [1.82, 2.24) is 0 Å². The Morgan fingerprint density at radius 2 is 1.88 bits per heavy atom. The molecule has 1 unspecified atom stereocenters. The Hall–Kier alpha value is -2.20. The molecule has 2 aliphatic rings. The first-order valence-corrected chi connectivity index (χ1v) is 9.88. The van der Waals surface area contributed by atoms with Crippen LogP contribution in [0.3, 0.4) is 0 Å². The van der Waals surface area contributed by atoms with E-state index in [0.29, 0.717) is 0 Å². The van der Waals surface area contributed by atoms with Gasteiger partial charge in [-0.1, -0.05) is 19.1 Å². The third-order valence-electron chi connectivity index (χ3n) is 5.39. The Labute approximate surface area is 156 Å². The molecule has 0 aliphatic carbocycles. The molecular weight excluding hydrogens is 322 g/mol. The molecule has 4 nitrogen and oxygen atoms in total. The van der Waals surface area contributed by atoms with Gasteiger partial charge < -0.3 is 19.9 Å². The molecule has 1 atom stereocenters. The van der Waals surface area contributed by atoms with E-state index in [4.69, 9.17) is 4.74 Å². The van der Waals surface area contributed by atoms with Crippen LogP contribution in [0.1, 0.15) is 44.8 Å². The van der Waals surface area contributed by atoms with Gasteiger partial charge in [0.25, 0.3) is 0 Å². The molecule has 2 aliphatic heterocycles. The maximum atomic E-state index is 5.92. The SMILES string of the molecule is CCCOC(C)c1ccc2c(c1)N(c1cccc(N3CCCC3)c1)CN2. The summed E-state index contributed by atoms with van der Waals surface area (Å²) >= 11 is 0. The van der Waals surface area contributed by atoms with E-state index in [1.807, 2.05) is 0 Å². The Kier molecular flexibility index (Phi) is 5.02. The van der Waals surface area contributed by atoms with Crippen LogP contribution in [-0.2, 0) is 4.74 Å². The highest BCUT2D eigenvalue weighted by Crippen LogP contribution is 2.40. The van der Waals surface area contributed by atoms with E-state index in [-0.39, 0.29) is 6.10 Å². The molecule has 1 fully saturated rings. The molecule has 0 amide bonds. The van der Waals surface area contributed by atoms with Crippen molar-refractivity contribution in [3.8, 4) is 0 Å². The van der Waals surface area contributed by atoms with Crippen LogP contribution in [0.2, 0.25) is 0 Å². The number of benzene rings is 2. The monoisotopic (exact) mass is 351 g/mol. The van der Waals surface area contributed by atoms with E-state index in [2.05, 4.69) is 71.4 Å². The molecule has 1 saturated heterocycles. The van der Waals surface area contributed by atoms with Gasteiger partial charge in [0.05, 0.1) is 24.1 Å². The molecule has 4 heteroatoms. The van der Waals surface area contributed by atoms with Crippen LogP contribution in [0.4, 0.5) is 22.7 Å². The van der Waals surface area contributed by atoms with E-state index in [9.17, 15) is 0 Å². The number of ether oxygens (including phenoxy) is 1. The quantitative estimate of drug-likeness (QED) is 0.765. The van der Waals surface area contributed by atoms with Gasteiger partial charge >= 0.3 is 0 Å². The van der Waals surface area contributed by atoms with Gasteiger partial charge in [0.1, 0.15) is 0 Å². The third-order valence-corrected chi connectivity index (χ3v) is 5.39. The normalized spacial score (nSPS) is 17.3. The predicted octanol–water partition coefficient (Wildman–Crippen LogP) is 5.30. The first kappa shape index (κ1) is 17.2.